The Labute approximate surface area is 151 Å². The molecule has 4 aromatic rings. The first-order valence-corrected chi connectivity index (χ1v) is 8.59. The number of nitrogens with zero attached hydrogens (tertiary/aromatic N) is 4. The van der Waals surface area contributed by atoms with Gasteiger partial charge in [0, 0.05) is 5.39 Å². The van der Waals surface area contributed by atoms with Gasteiger partial charge >= 0.3 is 0 Å². The third-order valence-electron chi connectivity index (χ3n) is 4.95. The molecule has 0 spiro atoms. The molecule has 5 heteroatoms. The normalized spacial score (nSPS) is 11.2. The molecule has 0 aliphatic carbocycles. The van der Waals surface area contributed by atoms with E-state index >= 15 is 0 Å². The van der Waals surface area contributed by atoms with Crippen molar-refractivity contribution in [1.29, 1.82) is 0 Å². The zero-order chi connectivity index (χ0) is 18.4. The third-order valence-corrected chi connectivity index (χ3v) is 4.95. The van der Waals surface area contributed by atoms with Crippen LogP contribution in [0, 0.1) is 27.7 Å². The summed E-state index contributed by atoms with van der Waals surface area (Å²) in [5.74, 6) is 0. The van der Waals surface area contributed by atoms with Crippen LogP contribution in [0.2, 0.25) is 0 Å². The smallest absolute Gasteiger partial charge is 0.265 e. The highest BCUT2D eigenvalue weighted by molar-refractivity contribution is 5.82. The fourth-order valence-electron chi connectivity index (χ4n) is 3.28. The number of aromatic nitrogens is 4. The molecule has 4 rings (SSSR count). The van der Waals surface area contributed by atoms with Gasteiger partial charge in [-0.15, -0.1) is 0 Å². The topological polar surface area (TPSA) is 52.7 Å². The van der Waals surface area contributed by atoms with Gasteiger partial charge in [0.25, 0.3) is 5.56 Å². The summed E-state index contributed by atoms with van der Waals surface area (Å²) in [7, 11) is 0. The number of hydrogen-bond donors (Lipinski definition) is 0. The van der Waals surface area contributed by atoms with Crippen molar-refractivity contribution in [3.63, 3.8) is 0 Å². The quantitative estimate of drug-likeness (QED) is 0.556. The van der Waals surface area contributed by atoms with Crippen LogP contribution in [0.5, 0.6) is 0 Å². The second-order valence-electron chi connectivity index (χ2n) is 6.63. The summed E-state index contributed by atoms with van der Waals surface area (Å²) >= 11 is 0. The number of benzene rings is 2. The highest BCUT2D eigenvalue weighted by atomic mass is 16.1. The molecule has 0 radical (unpaired) electrons. The van der Waals surface area contributed by atoms with Gasteiger partial charge in [0.05, 0.1) is 23.3 Å². The molecule has 0 amide bonds. The van der Waals surface area contributed by atoms with Crippen molar-refractivity contribution in [3.05, 3.63) is 81.4 Å². The summed E-state index contributed by atoms with van der Waals surface area (Å²) in [5, 5.41) is 9.82. The lowest BCUT2D eigenvalue weighted by Gasteiger charge is -2.12. The maximum Gasteiger partial charge on any atom is 0.298 e. The van der Waals surface area contributed by atoms with Crippen molar-refractivity contribution in [1.82, 2.24) is 19.6 Å². The van der Waals surface area contributed by atoms with Gasteiger partial charge in [-0.05, 0) is 56.5 Å². The van der Waals surface area contributed by atoms with E-state index in [0.717, 1.165) is 39.1 Å². The predicted octanol–water partition coefficient (Wildman–Crippen LogP) is 3.81. The van der Waals surface area contributed by atoms with Crippen LogP contribution in [0.15, 0.2) is 53.5 Å². The minimum absolute atomic E-state index is 0.168. The van der Waals surface area contributed by atoms with Crippen molar-refractivity contribution in [2.45, 2.75) is 27.7 Å². The highest BCUT2D eigenvalue weighted by Crippen LogP contribution is 2.22. The Hall–Kier alpha value is -3.21. The number of fused-ring (bicyclic) bond motifs is 1. The van der Waals surface area contributed by atoms with Crippen LogP contribution in [0.1, 0.15) is 22.4 Å². The average molecular weight is 344 g/mol. The monoisotopic (exact) mass is 344 g/mol. The van der Waals surface area contributed by atoms with Gasteiger partial charge < -0.3 is 0 Å². The maximum absolute atomic E-state index is 13.3. The fraction of sp³-hybridized carbons (Fsp3) is 0.190. The molecular formula is C21H20N4O. The Morgan fingerprint density at radius 3 is 2.27 bits per heavy atom. The summed E-state index contributed by atoms with van der Waals surface area (Å²) in [6, 6.07) is 13.8. The molecule has 5 nitrogen and oxygen atoms in total. The van der Waals surface area contributed by atoms with Crippen LogP contribution in [0.25, 0.3) is 22.3 Å². The van der Waals surface area contributed by atoms with Crippen molar-refractivity contribution in [2.24, 2.45) is 0 Å². The van der Waals surface area contributed by atoms with Crippen molar-refractivity contribution in [3.8, 4) is 11.4 Å². The molecule has 130 valence electrons. The van der Waals surface area contributed by atoms with E-state index in [2.05, 4.69) is 23.2 Å². The largest absolute Gasteiger partial charge is 0.298 e. The summed E-state index contributed by atoms with van der Waals surface area (Å²) < 4.78 is 3.22. The lowest BCUT2D eigenvalue weighted by atomic mass is 10.1. The van der Waals surface area contributed by atoms with Crippen LogP contribution in [0.4, 0.5) is 0 Å². The van der Waals surface area contributed by atoms with E-state index in [-0.39, 0.29) is 5.56 Å². The van der Waals surface area contributed by atoms with Crippen LogP contribution in [0.3, 0.4) is 0 Å². The van der Waals surface area contributed by atoms with Gasteiger partial charge in [-0.3, -0.25) is 4.79 Å². The molecule has 0 atom stereocenters. The van der Waals surface area contributed by atoms with E-state index in [1.807, 2.05) is 57.2 Å². The van der Waals surface area contributed by atoms with Crippen molar-refractivity contribution >= 4 is 10.9 Å². The van der Waals surface area contributed by atoms with Crippen molar-refractivity contribution in [2.75, 3.05) is 0 Å². The average Bonchev–Trinajstić information content (AvgIpc) is 3.07. The molecule has 0 aliphatic heterocycles. The van der Waals surface area contributed by atoms with Crippen LogP contribution in [-0.2, 0) is 0 Å². The van der Waals surface area contributed by atoms with E-state index in [1.165, 1.54) is 4.68 Å². The minimum atomic E-state index is -0.168. The molecule has 2 aromatic carbocycles. The number of hydrogen-bond acceptors (Lipinski definition) is 3. The molecule has 26 heavy (non-hydrogen) atoms. The third kappa shape index (κ3) is 2.36. The van der Waals surface area contributed by atoms with Gasteiger partial charge in [-0.1, -0.05) is 30.3 Å². The highest BCUT2D eigenvalue weighted by Gasteiger charge is 2.17. The standard InChI is InChI=1S/C21H20N4O/c1-13-9-7-11-19(15(13)3)24-20-17(12-22-24)16(4)23-25(21(20)26)18-10-6-5-8-14(18)2/h5-12H,1-4H3. The Bertz CT molecular complexity index is 1200. The lowest BCUT2D eigenvalue weighted by molar-refractivity contribution is 0.785. The SMILES string of the molecule is Cc1ccccc1-n1nc(C)c2cnn(-c3cccc(C)c3C)c2c1=O. The lowest BCUT2D eigenvalue weighted by Crippen LogP contribution is -2.24. The molecule has 0 saturated heterocycles. The van der Waals surface area contributed by atoms with Gasteiger partial charge in [0.1, 0.15) is 5.52 Å². The molecule has 0 fully saturated rings. The number of aryl methyl sites for hydroxylation is 3. The Kier molecular flexibility index (Phi) is 3.72. The predicted molar refractivity (Wildman–Crippen MR) is 103 cm³/mol. The first-order chi connectivity index (χ1) is 12.5. The molecule has 0 saturated carbocycles. The summed E-state index contributed by atoms with van der Waals surface area (Å²) in [4.78, 5) is 13.3. The first-order valence-electron chi connectivity index (χ1n) is 8.59. The van der Waals surface area contributed by atoms with E-state index in [0.29, 0.717) is 5.52 Å². The molecular weight excluding hydrogens is 324 g/mol. The minimum Gasteiger partial charge on any atom is -0.265 e. The summed E-state index contributed by atoms with van der Waals surface area (Å²) in [6.07, 6.45) is 1.73. The Morgan fingerprint density at radius 1 is 0.808 bits per heavy atom. The fourth-order valence-corrected chi connectivity index (χ4v) is 3.28. The van der Waals surface area contributed by atoms with Gasteiger partial charge in [0.15, 0.2) is 0 Å². The Morgan fingerprint density at radius 2 is 1.50 bits per heavy atom. The molecule has 0 aliphatic rings. The van der Waals surface area contributed by atoms with Gasteiger partial charge in [-0.2, -0.15) is 14.9 Å². The number of rotatable bonds is 2. The van der Waals surface area contributed by atoms with Crippen LogP contribution >= 0.6 is 0 Å². The summed E-state index contributed by atoms with van der Waals surface area (Å²) in [6.45, 7) is 7.99. The summed E-state index contributed by atoms with van der Waals surface area (Å²) in [5.41, 5.74) is 6.13. The van der Waals surface area contributed by atoms with Crippen molar-refractivity contribution < 1.29 is 0 Å². The number of para-hydroxylation sites is 1. The van der Waals surface area contributed by atoms with E-state index in [4.69, 9.17) is 0 Å². The Balaban J connectivity index is 2.09. The van der Waals surface area contributed by atoms with Gasteiger partial charge in [-0.25, -0.2) is 4.68 Å². The second kappa shape index (κ2) is 5.95. The van der Waals surface area contributed by atoms with Gasteiger partial charge in [0.2, 0.25) is 0 Å². The molecule has 0 N–H and O–H groups in total. The maximum atomic E-state index is 13.3. The first kappa shape index (κ1) is 16.3. The van der Waals surface area contributed by atoms with E-state index in [9.17, 15) is 4.79 Å². The molecule has 2 heterocycles. The molecule has 0 bridgehead atoms. The zero-order valence-electron chi connectivity index (χ0n) is 15.3. The molecule has 2 aromatic heterocycles. The van der Waals surface area contributed by atoms with Crippen LogP contribution in [-0.4, -0.2) is 19.6 Å². The second-order valence-corrected chi connectivity index (χ2v) is 6.63. The molecule has 0 unspecified atom stereocenters. The van der Waals surface area contributed by atoms with E-state index < -0.39 is 0 Å². The van der Waals surface area contributed by atoms with Crippen LogP contribution < -0.4 is 5.56 Å². The van der Waals surface area contributed by atoms with E-state index in [1.54, 1.807) is 10.9 Å². The zero-order valence-corrected chi connectivity index (χ0v) is 15.3.